The van der Waals surface area contributed by atoms with Crippen molar-refractivity contribution >= 4 is 33.2 Å². The Balaban J connectivity index is 1.64. The van der Waals surface area contributed by atoms with Crippen molar-refractivity contribution in [2.24, 2.45) is 0 Å². The number of pyridine rings is 4. The molecule has 0 aliphatic rings. The minimum Gasteiger partial charge on any atom is -0.493 e. The smallest absolute Gasteiger partial charge is 0.168 e. The molecule has 5 aromatic rings. The van der Waals surface area contributed by atoms with Gasteiger partial charge in [-0.15, -0.1) is 0 Å². The van der Waals surface area contributed by atoms with Gasteiger partial charge in [0.2, 0.25) is 0 Å². The van der Waals surface area contributed by atoms with E-state index in [4.69, 9.17) is 25.7 Å². The molecule has 9 heteroatoms. The Morgan fingerprint density at radius 3 is 2.36 bits per heavy atom. The number of rotatable bonds is 5. The maximum Gasteiger partial charge on any atom is 0.168 e. The maximum atomic E-state index is 6.31. The molecule has 0 saturated carbocycles. The zero-order valence-corrected chi connectivity index (χ0v) is 17.9. The minimum absolute atomic E-state index is 0.356. The fourth-order valence-corrected chi connectivity index (χ4v) is 3.62. The fourth-order valence-electron chi connectivity index (χ4n) is 3.62. The van der Waals surface area contributed by atoms with Gasteiger partial charge in [-0.3, -0.25) is 15.0 Å². The van der Waals surface area contributed by atoms with Crippen LogP contribution in [0.1, 0.15) is 0 Å². The lowest BCUT2D eigenvalue weighted by molar-refractivity contribution is 0.356. The number of benzene rings is 1. The zero-order chi connectivity index (χ0) is 22.9. The average Bonchev–Trinajstić information content (AvgIpc) is 2.84. The Morgan fingerprint density at radius 1 is 0.758 bits per heavy atom. The van der Waals surface area contributed by atoms with Crippen molar-refractivity contribution in [2.75, 3.05) is 25.7 Å². The van der Waals surface area contributed by atoms with Crippen molar-refractivity contribution in [3.63, 3.8) is 0 Å². The Labute approximate surface area is 189 Å². The van der Waals surface area contributed by atoms with E-state index < -0.39 is 0 Å². The minimum atomic E-state index is 0.356. The van der Waals surface area contributed by atoms with Crippen LogP contribution >= 0.6 is 0 Å². The first-order valence-electron chi connectivity index (χ1n) is 10.0. The number of hydrogen-bond donors (Lipinski definition) is 2. The van der Waals surface area contributed by atoms with E-state index in [-0.39, 0.29) is 0 Å². The molecule has 4 heterocycles. The molecule has 0 spiro atoms. The van der Waals surface area contributed by atoms with Crippen LogP contribution in [0, 0.1) is 0 Å². The highest BCUT2D eigenvalue weighted by Gasteiger charge is 2.14. The van der Waals surface area contributed by atoms with Crippen LogP contribution in [-0.4, -0.2) is 34.2 Å². The van der Waals surface area contributed by atoms with Crippen molar-refractivity contribution in [1.82, 2.24) is 19.9 Å². The monoisotopic (exact) mass is 440 g/mol. The normalized spacial score (nSPS) is 11.0. The predicted octanol–water partition coefficient (Wildman–Crippen LogP) is 4.21. The summed E-state index contributed by atoms with van der Waals surface area (Å²) < 4.78 is 16.8. The van der Waals surface area contributed by atoms with Crippen LogP contribution in [0.4, 0.5) is 11.5 Å². The number of hydrogen-bond acceptors (Lipinski definition) is 9. The predicted molar refractivity (Wildman–Crippen MR) is 127 cm³/mol. The molecule has 0 unspecified atom stereocenters. The van der Waals surface area contributed by atoms with Crippen LogP contribution in [-0.2, 0) is 0 Å². The second-order valence-electron chi connectivity index (χ2n) is 7.26. The molecule has 0 bridgehead atoms. The summed E-state index contributed by atoms with van der Waals surface area (Å²) in [6, 6.07) is 9.15. The molecule has 0 saturated heterocycles. The van der Waals surface area contributed by atoms with Gasteiger partial charge in [0.1, 0.15) is 11.6 Å². The first-order chi connectivity index (χ1) is 16.1. The van der Waals surface area contributed by atoms with E-state index in [9.17, 15) is 0 Å². The number of aromatic nitrogens is 4. The second kappa shape index (κ2) is 8.12. The Kier molecular flexibility index (Phi) is 4.98. The lowest BCUT2D eigenvalue weighted by Gasteiger charge is -2.12. The van der Waals surface area contributed by atoms with Crippen LogP contribution in [0.3, 0.4) is 0 Å². The summed E-state index contributed by atoms with van der Waals surface area (Å²) in [5.74, 6) is 2.50. The topological polar surface area (TPSA) is 131 Å². The number of methoxy groups -OCH3 is 2. The molecule has 0 atom stereocenters. The zero-order valence-electron chi connectivity index (χ0n) is 17.9. The van der Waals surface area contributed by atoms with Gasteiger partial charge in [-0.1, -0.05) is 0 Å². The molecule has 4 N–H and O–H groups in total. The SMILES string of the molecule is COc1cc2ncc3c(N)nc(-c4cncc(Oc5cnccc5N)c4)cc3c2cc1OC. The number of nitrogen functional groups attached to an aromatic ring is 2. The molecule has 5 rings (SSSR count). The van der Waals surface area contributed by atoms with Gasteiger partial charge < -0.3 is 25.7 Å². The summed E-state index contributed by atoms with van der Waals surface area (Å²) in [5, 5.41) is 2.48. The van der Waals surface area contributed by atoms with Crippen molar-refractivity contribution in [2.45, 2.75) is 0 Å². The molecule has 0 radical (unpaired) electrons. The average molecular weight is 440 g/mol. The molecule has 33 heavy (non-hydrogen) atoms. The number of anilines is 2. The van der Waals surface area contributed by atoms with E-state index in [1.165, 1.54) is 0 Å². The number of fused-ring (bicyclic) bond motifs is 3. The third-order valence-corrected chi connectivity index (χ3v) is 5.27. The van der Waals surface area contributed by atoms with E-state index in [0.29, 0.717) is 40.2 Å². The highest BCUT2D eigenvalue weighted by Crippen LogP contribution is 2.37. The van der Waals surface area contributed by atoms with Gasteiger partial charge in [-0.25, -0.2) is 4.98 Å². The van der Waals surface area contributed by atoms with E-state index in [0.717, 1.165) is 27.2 Å². The Hall–Kier alpha value is -4.66. The van der Waals surface area contributed by atoms with E-state index >= 15 is 0 Å². The summed E-state index contributed by atoms with van der Waals surface area (Å²) in [6.07, 6.45) is 8.15. The third-order valence-electron chi connectivity index (χ3n) is 5.27. The first kappa shape index (κ1) is 20.3. The molecule has 0 aliphatic carbocycles. The Morgan fingerprint density at radius 2 is 1.58 bits per heavy atom. The molecular weight excluding hydrogens is 420 g/mol. The molecular formula is C24H20N6O3. The van der Waals surface area contributed by atoms with Crippen LogP contribution < -0.4 is 25.7 Å². The molecule has 9 nitrogen and oxygen atoms in total. The highest BCUT2D eigenvalue weighted by molar-refractivity contribution is 6.10. The van der Waals surface area contributed by atoms with Gasteiger partial charge in [-0.2, -0.15) is 0 Å². The fraction of sp³-hybridized carbons (Fsp3) is 0.0833. The molecule has 164 valence electrons. The van der Waals surface area contributed by atoms with Gasteiger partial charge >= 0.3 is 0 Å². The summed E-state index contributed by atoms with van der Waals surface area (Å²) in [5.41, 5.74) is 14.9. The van der Waals surface area contributed by atoms with Crippen molar-refractivity contribution in [3.05, 3.63) is 61.3 Å². The van der Waals surface area contributed by atoms with Crippen LogP contribution in [0.25, 0.3) is 32.9 Å². The largest absolute Gasteiger partial charge is 0.493 e. The van der Waals surface area contributed by atoms with E-state index in [1.807, 2.05) is 24.3 Å². The molecule has 0 fully saturated rings. The summed E-state index contributed by atoms with van der Waals surface area (Å²) >= 11 is 0. The lowest BCUT2D eigenvalue weighted by atomic mass is 10.0. The van der Waals surface area contributed by atoms with Gasteiger partial charge in [0.05, 0.1) is 43.5 Å². The van der Waals surface area contributed by atoms with Crippen molar-refractivity contribution < 1.29 is 14.2 Å². The molecule has 4 aromatic heterocycles. The summed E-state index contributed by atoms with van der Waals surface area (Å²) in [6.45, 7) is 0. The standard InChI is InChI=1S/C24H20N6O3/c1-31-21-7-16-15-6-19(30-24(26)17(15)11-29-20(16)8-22(21)32-2)13-5-14(10-28-9-13)33-23-12-27-4-3-18(23)25/h3-12H,1-2H3,(H2,25,27)(H2,26,30). The van der Waals surface area contributed by atoms with Crippen LogP contribution in [0.15, 0.2) is 61.3 Å². The van der Waals surface area contributed by atoms with Crippen LogP contribution in [0.2, 0.25) is 0 Å². The quantitative estimate of drug-likeness (QED) is 0.386. The summed E-state index contributed by atoms with van der Waals surface area (Å²) in [4.78, 5) is 17.4. The molecule has 1 aromatic carbocycles. The van der Waals surface area contributed by atoms with E-state index in [1.54, 1.807) is 51.3 Å². The van der Waals surface area contributed by atoms with Crippen molar-refractivity contribution in [1.29, 1.82) is 0 Å². The maximum absolute atomic E-state index is 6.31. The summed E-state index contributed by atoms with van der Waals surface area (Å²) in [7, 11) is 3.18. The van der Waals surface area contributed by atoms with Gasteiger partial charge in [-0.05, 0) is 29.7 Å². The molecule has 0 aliphatic heterocycles. The lowest BCUT2D eigenvalue weighted by Crippen LogP contribution is -1.98. The molecule has 0 amide bonds. The number of nitrogens with two attached hydrogens (primary N) is 2. The second-order valence-corrected chi connectivity index (χ2v) is 7.26. The highest BCUT2D eigenvalue weighted by atomic mass is 16.5. The van der Waals surface area contributed by atoms with Crippen LogP contribution in [0.5, 0.6) is 23.0 Å². The van der Waals surface area contributed by atoms with E-state index in [2.05, 4.69) is 19.9 Å². The third kappa shape index (κ3) is 3.65. The number of ether oxygens (including phenoxy) is 3. The first-order valence-corrected chi connectivity index (χ1v) is 10.0. The van der Waals surface area contributed by atoms with Gasteiger partial charge in [0, 0.05) is 41.0 Å². The number of nitrogens with zero attached hydrogens (tertiary/aromatic N) is 4. The van der Waals surface area contributed by atoms with Gasteiger partial charge in [0.15, 0.2) is 17.2 Å². The Bertz CT molecular complexity index is 1510. The van der Waals surface area contributed by atoms with Crippen molar-refractivity contribution in [3.8, 4) is 34.3 Å². The van der Waals surface area contributed by atoms with Gasteiger partial charge in [0.25, 0.3) is 0 Å².